The Kier molecular flexibility index (Phi) is 6.32. The van der Waals surface area contributed by atoms with Crippen molar-refractivity contribution in [3.05, 3.63) is 64.2 Å². The molecule has 2 aromatic rings. The first-order valence-electron chi connectivity index (χ1n) is 7.63. The molecule has 0 saturated heterocycles. The molecule has 6 heteroatoms. The minimum atomic E-state index is -0.466. The maximum absolute atomic E-state index is 11.4. The van der Waals surface area contributed by atoms with E-state index in [1.807, 2.05) is 30.3 Å². The van der Waals surface area contributed by atoms with Crippen LogP contribution in [0.25, 0.3) is 11.1 Å². The first-order valence-corrected chi connectivity index (χ1v) is 8.07. The molecule has 2 rings (SSSR count). The van der Waals surface area contributed by atoms with Crippen LogP contribution in [-0.2, 0) is 16.0 Å². The predicted molar refractivity (Wildman–Crippen MR) is 93.1 cm³/mol. The predicted octanol–water partition coefficient (Wildman–Crippen LogP) is 4.36. The molecule has 126 valence electrons. The normalized spacial score (nSPS) is 11.8. The number of alkyl halides is 1. The molecule has 5 nitrogen and oxygen atoms in total. The molecule has 0 heterocycles. The molecule has 0 aliphatic carbocycles. The summed E-state index contributed by atoms with van der Waals surface area (Å²) in [6, 6.07) is 14.2. The van der Waals surface area contributed by atoms with Crippen molar-refractivity contribution in [1.29, 1.82) is 0 Å². The van der Waals surface area contributed by atoms with Gasteiger partial charge in [-0.3, -0.25) is 14.9 Å². The van der Waals surface area contributed by atoms with Crippen LogP contribution >= 0.6 is 11.6 Å². The van der Waals surface area contributed by atoms with Gasteiger partial charge >= 0.3 is 5.97 Å². The number of nitro benzene ring substituents is 1. The van der Waals surface area contributed by atoms with Crippen molar-refractivity contribution < 1.29 is 14.5 Å². The second-order valence-corrected chi connectivity index (χ2v) is 5.90. The van der Waals surface area contributed by atoms with Gasteiger partial charge in [0.2, 0.25) is 0 Å². The number of benzene rings is 2. The summed E-state index contributed by atoms with van der Waals surface area (Å²) >= 11 is 6.16. The molecule has 0 aromatic heterocycles. The lowest BCUT2D eigenvalue weighted by Gasteiger charge is -2.10. The van der Waals surface area contributed by atoms with Crippen molar-refractivity contribution in [1.82, 2.24) is 0 Å². The molecule has 1 atom stereocenters. The van der Waals surface area contributed by atoms with Crippen molar-refractivity contribution in [2.75, 3.05) is 6.61 Å². The van der Waals surface area contributed by atoms with Gasteiger partial charge in [0.25, 0.3) is 5.69 Å². The van der Waals surface area contributed by atoms with E-state index in [9.17, 15) is 14.9 Å². The monoisotopic (exact) mass is 347 g/mol. The first-order chi connectivity index (χ1) is 11.5. The van der Waals surface area contributed by atoms with E-state index in [4.69, 9.17) is 16.3 Å². The Morgan fingerprint density at radius 3 is 2.58 bits per heavy atom. The van der Waals surface area contributed by atoms with Gasteiger partial charge in [0.05, 0.1) is 23.5 Å². The Hall–Kier alpha value is -2.40. The smallest absolute Gasteiger partial charge is 0.307 e. The average Bonchev–Trinajstić information content (AvgIpc) is 2.55. The minimum Gasteiger partial charge on any atom is -0.466 e. The van der Waals surface area contributed by atoms with Crippen molar-refractivity contribution >= 4 is 23.3 Å². The number of esters is 1. The van der Waals surface area contributed by atoms with Crippen LogP contribution in [0.15, 0.2) is 48.5 Å². The number of carbonyl (C=O) groups excluding carboxylic acids is 1. The zero-order valence-electron chi connectivity index (χ0n) is 13.3. The van der Waals surface area contributed by atoms with Crippen molar-refractivity contribution in [2.45, 2.75) is 25.1 Å². The summed E-state index contributed by atoms with van der Waals surface area (Å²) in [5.74, 6) is -0.368. The number of ether oxygens (including phenoxy) is 1. The van der Waals surface area contributed by atoms with Gasteiger partial charge in [0.15, 0.2) is 0 Å². The van der Waals surface area contributed by atoms with Crippen LogP contribution < -0.4 is 0 Å². The standard InChI is InChI=1S/C18H18ClNO4/c1-2-24-18(21)12-15(19)10-13-8-9-16(17(11-13)20(22)23)14-6-4-3-5-7-14/h3-9,11,15H,2,10,12H2,1H3. The van der Waals surface area contributed by atoms with E-state index in [0.29, 0.717) is 24.2 Å². The van der Waals surface area contributed by atoms with E-state index < -0.39 is 10.3 Å². The SMILES string of the molecule is CCOC(=O)CC(Cl)Cc1ccc(-c2ccccc2)c([N+](=O)[O-])c1. The summed E-state index contributed by atoms with van der Waals surface area (Å²) in [4.78, 5) is 22.4. The summed E-state index contributed by atoms with van der Waals surface area (Å²) in [6.45, 7) is 2.03. The summed E-state index contributed by atoms with van der Waals surface area (Å²) in [5, 5.41) is 10.9. The van der Waals surface area contributed by atoms with Gasteiger partial charge in [-0.05, 0) is 30.5 Å². The third kappa shape index (κ3) is 4.80. The highest BCUT2D eigenvalue weighted by atomic mass is 35.5. The molecule has 0 fully saturated rings. The second-order valence-electron chi connectivity index (χ2n) is 5.29. The number of hydrogen-bond acceptors (Lipinski definition) is 4. The van der Waals surface area contributed by atoms with Gasteiger partial charge in [-0.25, -0.2) is 0 Å². The molecule has 24 heavy (non-hydrogen) atoms. The Morgan fingerprint density at radius 2 is 1.96 bits per heavy atom. The summed E-state index contributed by atoms with van der Waals surface area (Å²) in [6.07, 6.45) is 0.430. The maximum Gasteiger partial charge on any atom is 0.307 e. The van der Waals surface area contributed by atoms with Crippen molar-refractivity contribution in [3.63, 3.8) is 0 Å². The Morgan fingerprint density at radius 1 is 1.25 bits per heavy atom. The van der Waals surface area contributed by atoms with Crippen LogP contribution in [0.2, 0.25) is 0 Å². The highest BCUT2D eigenvalue weighted by molar-refractivity contribution is 6.21. The Balaban J connectivity index is 2.20. The molecule has 0 bridgehead atoms. The fourth-order valence-electron chi connectivity index (χ4n) is 2.45. The third-order valence-electron chi connectivity index (χ3n) is 3.49. The van der Waals surface area contributed by atoms with E-state index in [2.05, 4.69) is 0 Å². The summed E-state index contributed by atoms with van der Waals surface area (Å²) < 4.78 is 4.86. The molecule has 0 aliphatic rings. The van der Waals surface area contributed by atoms with Crippen LogP contribution in [-0.4, -0.2) is 22.9 Å². The molecular weight excluding hydrogens is 330 g/mol. The van der Waals surface area contributed by atoms with Crippen LogP contribution in [0, 0.1) is 10.1 Å². The molecule has 2 aromatic carbocycles. The maximum atomic E-state index is 11.4. The number of halogens is 1. The quantitative estimate of drug-likeness (QED) is 0.323. The summed E-state index contributed by atoms with van der Waals surface area (Å²) in [7, 11) is 0. The van der Waals surface area contributed by atoms with E-state index in [-0.39, 0.29) is 18.1 Å². The highest BCUT2D eigenvalue weighted by Crippen LogP contribution is 2.31. The van der Waals surface area contributed by atoms with Crippen LogP contribution in [0.4, 0.5) is 5.69 Å². The third-order valence-corrected chi connectivity index (χ3v) is 3.80. The topological polar surface area (TPSA) is 69.4 Å². The zero-order valence-corrected chi connectivity index (χ0v) is 14.0. The first kappa shape index (κ1) is 17.9. The molecule has 1 unspecified atom stereocenters. The van der Waals surface area contributed by atoms with Crippen molar-refractivity contribution in [3.8, 4) is 11.1 Å². The minimum absolute atomic E-state index is 0.0266. The molecule has 0 saturated carbocycles. The van der Waals surface area contributed by atoms with Crippen LogP contribution in [0.1, 0.15) is 18.9 Å². The Bertz CT molecular complexity index is 718. The summed E-state index contributed by atoms with van der Waals surface area (Å²) in [5.41, 5.74) is 2.08. The number of nitrogens with zero attached hydrogens (tertiary/aromatic N) is 1. The molecular formula is C18H18ClNO4. The number of hydrogen-bond donors (Lipinski definition) is 0. The average molecular weight is 348 g/mol. The fourth-order valence-corrected chi connectivity index (χ4v) is 2.75. The molecule has 0 spiro atoms. The molecule has 0 amide bonds. The van der Waals surface area contributed by atoms with E-state index >= 15 is 0 Å². The van der Waals surface area contributed by atoms with Gasteiger partial charge in [0.1, 0.15) is 0 Å². The van der Waals surface area contributed by atoms with Crippen LogP contribution in [0.3, 0.4) is 0 Å². The number of carbonyl (C=O) groups is 1. The highest BCUT2D eigenvalue weighted by Gasteiger charge is 2.18. The lowest BCUT2D eigenvalue weighted by molar-refractivity contribution is -0.384. The molecule has 0 N–H and O–H groups in total. The van der Waals surface area contributed by atoms with Gasteiger partial charge in [-0.2, -0.15) is 0 Å². The van der Waals surface area contributed by atoms with Crippen LogP contribution in [0.5, 0.6) is 0 Å². The molecule has 0 radical (unpaired) electrons. The second kappa shape index (κ2) is 8.45. The van der Waals surface area contributed by atoms with Gasteiger partial charge < -0.3 is 4.74 Å². The fraction of sp³-hybridized carbons (Fsp3) is 0.278. The van der Waals surface area contributed by atoms with Gasteiger partial charge in [-0.15, -0.1) is 11.6 Å². The largest absolute Gasteiger partial charge is 0.466 e. The van der Waals surface area contributed by atoms with E-state index in [0.717, 1.165) is 5.56 Å². The zero-order chi connectivity index (χ0) is 17.5. The van der Waals surface area contributed by atoms with Crippen molar-refractivity contribution in [2.24, 2.45) is 0 Å². The number of rotatable bonds is 7. The lowest BCUT2D eigenvalue weighted by Crippen LogP contribution is -2.13. The molecule has 0 aliphatic heterocycles. The van der Waals surface area contributed by atoms with E-state index in [1.165, 1.54) is 6.07 Å². The lowest BCUT2D eigenvalue weighted by atomic mass is 9.99. The number of nitro groups is 1. The van der Waals surface area contributed by atoms with E-state index in [1.54, 1.807) is 19.1 Å². The Labute approximate surface area is 145 Å². The van der Waals surface area contributed by atoms with Gasteiger partial charge in [-0.1, -0.05) is 36.4 Å². The van der Waals surface area contributed by atoms with Gasteiger partial charge in [0, 0.05) is 11.4 Å².